The van der Waals surface area contributed by atoms with Gasteiger partial charge in [-0.15, -0.1) is 10.2 Å². The van der Waals surface area contributed by atoms with E-state index in [9.17, 15) is 9.59 Å². The number of likely N-dealkylation sites (N-methyl/N-ethyl adjacent to an activating group) is 1. The van der Waals surface area contributed by atoms with Crippen molar-refractivity contribution in [3.8, 4) is 0 Å². The highest BCUT2D eigenvalue weighted by molar-refractivity contribution is 7.80. The van der Waals surface area contributed by atoms with E-state index >= 15 is 0 Å². The Bertz CT molecular complexity index is 1740. The lowest BCUT2D eigenvalue weighted by molar-refractivity contribution is 0.0624. The molecule has 0 bridgehead atoms. The Morgan fingerprint density at radius 3 is 2.78 bits per heavy atom. The fourth-order valence-corrected chi connectivity index (χ4v) is 6.10. The van der Waals surface area contributed by atoms with Gasteiger partial charge in [0, 0.05) is 58.2 Å². The largest absolute Gasteiger partial charge is 0.376 e. The molecule has 0 saturated carbocycles. The van der Waals surface area contributed by atoms with Crippen LogP contribution in [0.3, 0.4) is 0 Å². The minimum Gasteiger partial charge on any atom is -0.376 e. The van der Waals surface area contributed by atoms with Crippen LogP contribution in [-0.2, 0) is 31.3 Å². The molecule has 2 aromatic heterocycles. The van der Waals surface area contributed by atoms with Crippen molar-refractivity contribution in [2.75, 3.05) is 37.5 Å². The third-order valence-electron chi connectivity index (χ3n) is 8.37. The number of thiocarbonyl (C=S) groups is 1. The summed E-state index contributed by atoms with van der Waals surface area (Å²) in [5, 5.41) is 24.8. The number of nitrogens with one attached hydrogen (secondary N) is 3. The highest BCUT2D eigenvalue weighted by Gasteiger charge is 2.39. The summed E-state index contributed by atoms with van der Waals surface area (Å²) in [6.07, 6.45) is 2.73. The van der Waals surface area contributed by atoms with Crippen molar-refractivity contribution in [2.45, 2.75) is 45.0 Å². The van der Waals surface area contributed by atoms with Crippen LogP contribution in [0, 0.1) is 6.92 Å². The molecule has 2 aliphatic heterocycles. The summed E-state index contributed by atoms with van der Waals surface area (Å²) in [4.78, 5) is 33.4. The first kappa shape index (κ1) is 31.1. The number of urea groups is 1. The second-order valence-corrected chi connectivity index (χ2v) is 12.1. The second-order valence-electron chi connectivity index (χ2n) is 11.7. The van der Waals surface area contributed by atoms with E-state index in [0.29, 0.717) is 55.5 Å². The number of nitrogens with zero attached hydrogens (tertiary/aromatic N) is 8. The Balaban J connectivity index is 1.12. The lowest BCUT2D eigenvalue weighted by Gasteiger charge is -2.28. The van der Waals surface area contributed by atoms with E-state index < -0.39 is 0 Å². The van der Waals surface area contributed by atoms with Gasteiger partial charge in [0.05, 0.1) is 42.9 Å². The molecule has 15 heteroatoms. The number of aryl methyl sites for hydroxylation is 2. The van der Waals surface area contributed by atoms with Crippen molar-refractivity contribution in [2.24, 2.45) is 7.05 Å². The summed E-state index contributed by atoms with van der Waals surface area (Å²) in [6, 6.07) is 12.8. The zero-order chi connectivity index (χ0) is 32.4. The van der Waals surface area contributed by atoms with Crippen LogP contribution in [0.4, 0.5) is 22.0 Å². The highest BCUT2D eigenvalue weighted by Crippen LogP contribution is 2.36. The summed E-state index contributed by atoms with van der Waals surface area (Å²) < 4.78 is 7.84. The van der Waals surface area contributed by atoms with E-state index in [4.69, 9.17) is 17.0 Å². The zero-order valence-corrected chi connectivity index (χ0v) is 27.0. The van der Waals surface area contributed by atoms with E-state index in [0.717, 1.165) is 33.9 Å². The number of fused-ring (bicyclic) bond motifs is 2. The number of H-pyrrole nitrogens is 1. The Kier molecular flexibility index (Phi) is 8.94. The molecule has 6 rings (SSSR count). The number of benzene rings is 2. The van der Waals surface area contributed by atoms with E-state index in [1.54, 1.807) is 20.7 Å². The number of carbonyl (C=O) groups excluding carboxylic acids is 2. The summed E-state index contributed by atoms with van der Waals surface area (Å²) in [7, 11) is 5.64. The number of aromatic nitrogens is 6. The molecule has 1 fully saturated rings. The number of amides is 3. The number of hydrogen-bond donors (Lipinski definition) is 3. The van der Waals surface area contributed by atoms with Crippen molar-refractivity contribution in [3.63, 3.8) is 0 Å². The van der Waals surface area contributed by atoms with Crippen LogP contribution >= 0.6 is 12.2 Å². The van der Waals surface area contributed by atoms with Gasteiger partial charge in [-0.1, -0.05) is 35.6 Å². The number of tetrazole rings is 1. The lowest BCUT2D eigenvalue weighted by atomic mass is 10.0. The minimum atomic E-state index is -0.271. The Hall–Kier alpha value is -4.89. The molecule has 14 nitrogen and oxygen atoms in total. The Morgan fingerprint density at radius 2 is 2.02 bits per heavy atom. The van der Waals surface area contributed by atoms with E-state index in [2.05, 4.69) is 36.4 Å². The van der Waals surface area contributed by atoms with Crippen LogP contribution in [0.2, 0.25) is 0 Å². The fourth-order valence-electron chi connectivity index (χ4n) is 5.87. The number of carbonyl (C=O) groups is 2. The summed E-state index contributed by atoms with van der Waals surface area (Å²) in [5.74, 6) is 1.32. The standard InChI is InChI=1S/C31H37N11O3S/c1-19-13-20(29(43)41-17-22-16-33-40(4)28(22)34-24-7-5-6-8-25(24)41)9-10-21(19)15-32-31(44)42-18-23(14-26(42)30(46)39(2)3)45-12-11-27-35-37-38-36-27/h5-10,13,16,23,26,34H,11-12,14-15,17-18H2,1-4H3,(H,32,44)(H,35,36,37,38)/t23-,26+/m1/s1. The summed E-state index contributed by atoms with van der Waals surface area (Å²) >= 11 is 5.68. The van der Waals surface area contributed by atoms with Crippen molar-refractivity contribution in [3.05, 3.63) is 76.7 Å². The van der Waals surface area contributed by atoms with Crippen LogP contribution < -0.4 is 15.5 Å². The SMILES string of the molecule is Cc1cc(C(=O)N2Cc3cnn(C)c3Nc3ccccc32)ccc1CNC(=O)N1C[C@H](OCCc2nn[nH]n2)C[C@H]1C(=S)N(C)C. The first-order valence-electron chi connectivity index (χ1n) is 15.1. The fraction of sp³-hybridized carbons (Fsp3) is 0.387. The van der Waals surface area contributed by atoms with Gasteiger partial charge in [-0.25, -0.2) is 4.79 Å². The van der Waals surface area contributed by atoms with Crippen molar-refractivity contribution in [1.29, 1.82) is 0 Å². The Labute approximate surface area is 272 Å². The maximum absolute atomic E-state index is 13.9. The number of likely N-dealkylation sites (tertiary alicyclic amines) is 1. The molecule has 0 radical (unpaired) electrons. The highest BCUT2D eigenvalue weighted by atomic mass is 32.1. The summed E-state index contributed by atoms with van der Waals surface area (Å²) in [5.41, 5.74) is 4.94. The first-order valence-corrected chi connectivity index (χ1v) is 15.5. The van der Waals surface area contributed by atoms with E-state index in [1.807, 2.05) is 75.4 Å². The maximum atomic E-state index is 13.9. The molecule has 0 spiro atoms. The number of aromatic amines is 1. The summed E-state index contributed by atoms with van der Waals surface area (Å²) in [6.45, 7) is 3.46. The van der Waals surface area contributed by atoms with E-state index in [1.165, 1.54) is 0 Å². The molecule has 3 N–H and O–H groups in total. The van der Waals surface area contributed by atoms with Crippen LogP contribution in [0.15, 0.2) is 48.7 Å². The number of rotatable bonds is 8. The average molecular weight is 644 g/mol. The van der Waals surface area contributed by atoms with Gasteiger partial charge in [-0.3, -0.25) is 9.48 Å². The molecule has 1 saturated heterocycles. The molecule has 0 unspecified atom stereocenters. The van der Waals surface area contributed by atoms with Gasteiger partial charge < -0.3 is 30.1 Å². The molecular weight excluding hydrogens is 606 g/mol. The normalized spacial score (nSPS) is 17.1. The van der Waals surface area contributed by atoms with Crippen LogP contribution in [0.5, 0.6) is 0 Å². The second kappa shape index (κ2) is 13.2. The number of para-hydroxylation sites is 2. The van der Waals surface area contributed by atoms with Crippen molar-refractivity contribution < 1.29 is 14.3 Å². The van der Waals surface area contributed by atoms with Gasteiger partial charge in [0.2, 0.25) is 0 Å². The van der Waals surface area contributed by atoms with Crippen molar-refractivity contribution >= 4 is 46.3 Å². The molecule has 4 aromatic rings. The number of anilines is 3. The average Bonchev–Trinajstić information content (AvgIpc) is 3.78. The predicted molar refractivity (Wildman–Crippen MR) is 176 cm³/mol. The molecule has 4 heterocycles. The lowest BCUT2D eigenvalue weighted by Crippen LogP contribution is -2.48. The Morgan fingerprint density at radius 1 is 1.20 bits per heavy atom. The first-order chi connectivity index (χ1) is 22.2. The quantitative estimate of drug-likeness (QED) is 0.245. The van der Waals surface area contributed by atoms with Crippen LogP contribution in [-0.4, -0.2) is 96.5 Å². The molecule has 0 aliphatic carbocycles. The monoisotopic (exact) mass is 643 g/mol. The zero-order valence-electron chi connectivity index (χ0n) is 26.2. The third kappa shape index (κ3) is 6.41. The number of ether oxygens (including phenoxy) is 1. The predicted octanol–water partition coefficient (Wildman–Crippen LogP) is 2.95. The topological polar surface area (TPSA) is 149 Å². The smallest absolute Gasteiger partial charge is 0.318 e. The van der Waals surface area contributed by atoms with Gasteiger partial charge in [0.25, 0.3) is 5.91 Å². The van der Waals surface area contributed by atoms with Gasteiger partial charge in [0.15, 0.2) is 5.82 Å². The number of hydrogen-bond acceptors (Lipinski definition) is 9. The van der Waals surface area contributed by atoms with Gasteiger partial charge in [0.1, 0.15) is 10.8 Å². The molecule has 46 heavy (non-hydrogen) atoms. The van der Waals surface area contributed by atoms with Crippen molar-refractivity contribution in [1.82, 2.24) is 45.5 Å². The van der Waals surface area contributed by atoms with Gasteiger partial charge in [-0.05, 0) is 42.3 Å². The van der Waals surface area contributed by atoms with E-state index in [-0.39, 0.29) is 24.1 Å². The molecule has 3 amide bonds. The maximum Gasteiger partial charge on any atom is 0.318 e. The molecule has 2 aromatic carbocycles. The minimum absolute atomic E-state index is 0.118. The molecule has 2 aliphatic rings. The van der Waals surface area contributed by atoms with Crippen LogP contribution in [0.1, 0.15) is 39.3 Å². The molecule has 2 atom stereocenters. The van der Waals surface area contributed by atoms with Gasteiger partial charge >= 0.3 is 6.03 Å². The third-order valence-corrected chi connectivity index (χ3v) is 9.01. The molecule has 240 valence electrons. The van der Waals surface area contributed by atoms with Gasteiger partial charge in [-0.2, -0.15) is 10.3 Å². The molecular formula is C31H37N11O3S. The van der Waals surface area contributed by atoms with Crippen LogP contribution in [0.25, 0.3) is 0 Å².